The highest BCUT2D eigenvalue weighted by molar-refractivity contribution is 5.94. The number of hydrogen-bond acceptors (Lipinski definition) is 6. The molecule has 11 heteroatoms. The molecule has 0 saturated heterocycles. The molecule has 184 valence electrons. The van der Waals surface area contributed by atoms with Crippen molar-refractivity contribution < 1.29 is 24.0 Å². The smallest absolute Gasteiger partial charge is 0.245 e. The monoisotopic (exact) mass is 456 g/mol. The lowest BCUT2D eigenvalue weighted by atomic mass is 9.99. The highest BCUT2D eigenvalue weighted by atomic mass is 16.2. The van der Waals surface area contributed by atoms with E-state index < -0.39 is 41.8 Å². The molecule has 0 rings (SSSR count). The minimum Gasteiger partial charge on any atom is -0.368 e. The Bertz CT molecular complexity index is 682. The number of hydrogen-bond donors (Lipinski definition) is 4. The first-order valence-corrected chi connectivity index (χ1v) is 10.8. The number of nitrogens with one attached hydrogen (secondary N) is 3. The van der Waals surface area contributed by atoms with Crippen LogP contribution in [-0.2, 0) is 24.0 Å². The lowest BCUT2D eigenvalue weighted by Crippen LogP contribution is -2.57. The normalized spacial score (nSPS) is 13.8. The van der Waals surface area contributed by atoms with Crippen molar-refractivity contribution in [2.24, 2.45) is 17.6 Å². The van der Waals surface area contributed by atoms with Gasteiger partial charge in [-0.1, -0.05) is 27.7 Å². The van der Waals surface area contributed by atoms with Crippen LogP contribution < -0.4 is 21.7 Å². The maximum absolute atomic E-state index is 13.1. The Labute approximate surface area is 190 Å². The molecule has 3 atom stereocenters. The molecule has 32 heavy (non-hydrogen) atoms. The summed E-state index contributed by atoms with van der Waals surface area (Å²) < 4.78 is 0. The largest absolute Gasteiger partial charge is 0.368 e. The molecule has 11 nitrogen and oxygen atoms in total. The van der Waals surface area contributed by atoms with E-state index in [2.05, 4.69) is 16.0 Å². The maximum atomic E-state index is 13.1. The van der Waals surface area contributed by atoms with Crippen LogP contribution in [0.2, 0.25) is 0 Å². The Balaban J connectivity index is 5.40. The molecule has 0 spiro atoms. The summed E-state index contributed by atoms with van der Waals surface area (Å²) in [6.07, 6.45) is 0.431. The van der Waals surface area contributed by atoms with Gasteiger partial charge in [0.25, 0.3) is 0 Å². The molecular weight excluding hydrogens is 416 g/mol. The third-order valence-corrected chi connectivity index (χ3v) is 4.98. The lowest BCUT2D eigenvalue weighted by Gasteiger charge is -2.32. The topological polar surface area (TPSA) is 154 Å². The van der Waals surface area contributed by atoms with Crippen molar-refractivity contribution >= 4 is 29.5 Å². The second-order valence-electron chi connectivity index (χ2n) is 8.80. The second-order valence-corrected chi connectivity index (χ2v) is 8.80. The van der Waals surface area contributed by atoms with Gasteiger partial charge in [-0.25, -0.2) is 0 Å². The first-order chi connectivity index (χ1) is 14.7. The Morgan fingerprint density at radius 2 is 1.50 bits per heavy atom. The van der Waals surface area contributed by atoms with Gasteiger partial charge in [-0.3, -0.25) is 24.0 Å². The van der Waals surface area contributed by atoms with Gasteiger partial charge < -0.3 is 31.5 Å². The van der Waals surface area contributed by atoms with Crippen molar-refractivity contribution in [3.05, 3.63) is 0 Å². The summed E-state index contributed by atoms with van der Waals surface area (Å²) in [7, 11) is 4.65. The third-order valence-electron chi connectivity index (χ3n) is 4.98. The van der Waals surface area contributed by atoms with Gasteiger partial charge in [-0.2, -0.15) is 0 Å². The van der Waals surface area contributed by atoms with Gasteiger partial charge in [0, 0.05) is 14.1 Å². The summed E-state index contributed by atoms with van der Waals surface area (Å²) in [5.74, 6) is -2.48. The van der Waals surface area contributed by atoms with Crippen molar-refractivity contribution in [2.45, 2.75) is 59.2 Å². The van der Waals surface area contributed by atoms with Crippen LogP contribution in [-0.4, -0.2) is 91.7 Å². The molecule has 0 heterocycles. The van der Waals surface area contributed by atoms with E-state index >= 15 is 0 Å². The number of primary amides is 1. The summed E-state index contributed by atoms with van der Waals surface area (Å²) in [6, 6.07) is -2.50. The molecule has 0 aliphatic carbocycles. The van der Waals surface area contributed by atoms with E-state index in [0.29, 0.717) is 6.42 Å². The Kier molecular flexibility index (Phi) is 12.5. The van der Waals surface area contributed by atoms with E-state index in [0.717, 1.165) is 0 Å². The zero-order chi connectivity index (χ0) is 25.2. The Morgan fingerprint density at radius 3 is 1.94 bits per heavy atom. The zero-order valence-corrected chi connectivity index (χ0v) is 20.5. The highest BCUT2D eigenvalue weighted by Crippen LogP contribution is 2.13. The molecule has 0 aromatic carbocycles. The van der Waals surface area contributed by atoms with Gasteiger partial charge in [0.15, 0.2) is 0 Å². The Hall–Kier alpha value is -2.69. The van der Waals surface area contributed by atoms with Crippen molar-refractivity contribution in [3.8, 4) is 0 Å². The summed E-state index contributed by atoms with van der Waals surface area (Å²) >= 11 is 0. The molecule has 0 saturated carbocycles. The minimum absolute atomic E-state index is 0.0898. The van der Waals surface area contributed by atoms with Crippen LogP contribution in [0.1, 0.15) is 41.0 Å². The molecule has 0 aliphatic rings. The van der Waals surface area contributed by atoms with Crippen LogP contribution in [0.3, 0.4) is 0 Å². The standard InChI is InChI=1S/C21H40N6O5/c1-12(2)9-15(27(8)17(29)10-23-6)20(31)25-18(13(3)4)21(32)26(7)11-16(28)24-14(5)19(22)30/h12-15,18,23H,9-11H2,1-8H3,(H2,22,30)(H,24,28)(H,25,31)/t14-,15-,18-/m0/s1. The number of amides is 5. The van der Waals surface area contributed by atoms with Gasteiger partial charge in [-0.05, 0) is 32.2 Å². The van der Waals surface area contributed by atoms with Crippen LogP contribution in [0.4, 0.5) is 0 Å². The number of nitrogens with zero attached hydrogens (tertiary/aromatic N) is 2. The molecule has 0 aromatic heterocycles. The first-order valence-electron chi connectivity index (χ1n) is 10.8. The molecule has 0 aromatic rings. The van der Waals surface area contributed by atoms with Gasteiger partial charge in [0.2, 0.25) is 29.5 Å². The fraction of sp³-hybridized carbons (Fsp3) is 0.762. The second kappa shape index (κ2) is 13.7. The molecule has 0 unspecified atom stereocenters. The third kappa shape index (κ3) is 9.63. The summed E-state index contributed by atoms with van der Waals surface area (Å²) in [4.78, 5) is 64.1. The van der Waals surface area contributed by atoms with E-state index in [9.17, 15) is 24.0 Å². The average molecular weight is 457 g/mol. The molecular formula is C21H40N6O5. The molecule has 0 fully saturated rings. The van der Waals surface area contributed by atoms with Crippen molar-refractivity contribution in [2.75, 3.05) is 34.2 Å². The van der Waals surface area contributed by atoms with Crippen molar-refractivity contribution in [1.29, 1.82) is 0 Å². The van der Waals surface area contributed by atoms with Gasteiger partial charge in [0.1, 0.15) is 18.1 Å². The maximum Gasteiger partial charge on any atom is 0.245 e. The zero-order valence-electron chi connectivity index (χ0n) is 20.5. The number of nitrogens with two attached hydrogens (primary N) is 1. The van der Waals surface area contributed by atoms with Crippen LogP contribution in [0, 0.1) is 11.8 Å². The predicted molar refractivity (Wildman–Crippen MR) is 121 cm³/mol. The lowest BCUT2D eigenvalue weighted by molar-refractivity contribution is -0.143. The van der Waals surface area contributed by atoms with E-state index in [1.807, 2.05) is 13.8 Å². The van der Waals surface area contributed by atoms with Gasteiger partial charge in [-0.15, -0.1) is 0 Å². The fourth-order valence-corrected chi connectivity index (χ4v) is 2.99. The number of carbonyl (C=O) groups excluding carboxylic acids is 5. The van der Waals surface area contributed by atoms with Gasteiger partial charge >= 0.3 is 0 Å². The molecule has 5 N–H and O–H groups in total. The van der Waals surface area contributed by atoms with E-state index in [1.165, 1.54) is 23.8 Å². The molecule has 5 amide bonds. The Morgan fingerprint density at radius 1 is 0.938 bits per heavy atom. The van der Waals surface area contributed by atoms with E-state index in [1.54, 1.807) is 27.9 Å². The molecule has 0 radical (unpaired) electrons. The number of likely N-dealkylation sites (N-methyl/N-ethyl adjacent to an activating group) is 3. The summed E-state index contributed by atoms with van der Waals surface area (Å²) in [6.45, 7) is 8.68. The van der Waals surface area contributed by atoms with Gasteiger partial charge in [0.05, 0.1) is 13.1 Å². The van der Waals surface area contributed by atoms with Crippen LogP contribution in [0.25, 0.3) is 0 Å². The van der Waals surface area contributed by atoms with Crippen molar-refractivity contribution in [3.63, 3.8) is 0 Å². The number of carbonyl (C=O) groups is 5. The summed E-state index contributed by atoms with van der Waals surface area (Å²) in [5, 5.41) is 7.95. The predicted octanol–water partition coefficient (Wildman–Crippen LogP) is -1.33. The highest BCUT2D eigenvalue weighted by Gasteiger charge is 2.33. The van der Waals surface area contributed by atoms with Crippen LogP contribution in [0.15, 0.2) is 0 Å². The van der Waals surface area contributed by atoms with Crippen LogP contribution in [0.5, 0.6) is 0 Å². The molecule has 0 bridgehead atoms. The van der Waals surface area contributed by atoms with E-state index in [4.69, 9.17) is 5.73 Å². The fourth-order valence-electron chi connectivity index (χ4n) is 2.99. The quantitative estimate of drug-likeness (QED) is 0.269. The number of rotatable bonds is 13. The van der Waals surface area contributed by atoms with Crippen LogP contribution >= 0.6 is 0 Å². The van der Waals surface area contributed by atoms with Crippen molar-refractivity contribution in [1.82, 2.24) is 25.8 Å². The molecule has 0 aliphatic heterocycles. The summed E-state index contributed by atoms with van der Waals surface area (Å²) in [5.41, 5.74) is 5.13. The average Bonchev–Trinajstić information content (AvgIpc) is 2.68. The minimum atomic E-state index is -0.892. The SMILES string of the molecule is CNCC(=O)N(C)[C@@H](CC(C)C)C(=O)N[C@H](C(=O)N(C)CC(=O)N[C@@H](C)C(N)=O)C(C)C. The van der Waals surface area contributed by atoms with E-state index in [-0.39, 0.29) is 30.8 Å². The first kappa shape index (κ1) is 29.3.